The molecule has 0 radical (unpaired) electrons. The van der Waals surface area contributed by atoms with Crippen LogP contribution in [0, 0.1) is 5.92 Å². The highest BCUT2D eigenvalue weighted by Crippen LogP contribution is 2.21. The van der Waals surface area contributed by atoms with Crippen molar-refractivity contribution in [2.75, 3.05) is 6.54 Å². The van der Waals surface area contributed by atoms with Gasteiger partial charge in [-0.1, -0.05) is 50.2 Å². The number of aromatic nitrogens is 2. The van der Waals surface area contributed by atoms with Crippen molar-refractivity contribution in [2.45, 2.75) is 70.1 Å². The van der Waals surface area contributed by atoms with E-state index in [9.17, 15) is 24.3 Å². The second-order valence-corrected chi connectivity index (χ2v) is 11.9. The first-order valence-corrected chi connectivity index (χ1v) is 15.2. The first-order chi connectivity index (χ1) is 21.2. The van der Waals surface area contributed by atoms with Crippen molar-refractivity contribution >= 4 is 45.5 Å². The van der Waals surface area contributed by atoms with Gasteiger partial charge in [0.25, 0.3) is 0 Å². The van der Waals surface area contributed by atoms with E-state index in [0.29, 0.717) is 6.42 Å². The lowest BCUT2D eigenvalue weighted by atomic mass is 9.99. The van der Waals surface area contributed by atoms with E-state index in [4.69, 9.17) is 0 Å². The number of para-hydroxylation sites is 2. The molecular weight excluding hydrogens is 560 g/mol. The van der Waals surface area contributed by atoms with Crippen LogP contribution >= 0.6 is 0 Å². The van der Waals surface area contributed by atoms with Crippen molar-refractivity contribution < 1.29 is 24.3 Å². The molecule has 5 rings (SSSR count). The molecule has 3 amide bonds. The van der Waals surface area contributed by atoms with Crippen molar-refractivity contribution in [3.8, 4) is 0 Å². The van der Waals surface area contributed by atoms with E-state index >= 15 is 0 Å². The third-order valence-corrected chi connectivity index (χ3v) is 8.16. The number of rotatable bonds is 13. The van der Waals surface area contributed by atoms with Crippen LogP contribution in [0.5, 0.6) is 0 Å². The van der Waals surface area contributed by atoms with E-state index in [1.807, 2.05) is 68.6 Å². The van der Waals surface area contributed by atoms with Crippen LogP contribution in [-0.4, -0.2) is 69.5 Å². The Balaban J connectivity index is 1.33. The Morgan fingerprint density at radius 1 is 0.795 bits per heavy atom. The van der Waals surface area contributed by atoms with E-state index in [2.05, 4.69) is 31.2 Å². The zero-order chi connectivity index (χ0) is 31.2. The minimum Gasteiger partial charge on any atom is -0.480 e. The smallest absolute Gasteiger partial charge is 0.326 e. The highest BCUT2D eigenvalue weighted by Gasteiger charge is 2.32. The number of amides is 3. The van der Waals surface area contributed by atoms with Crippen LogP contribution in [0.4, 0.5) is 0 Å². The lowest BCUT2D eigenvalue weighted by Gasteiger charge is -2.26. The molecule has 3 heterocycles. The lowest BCUT2D eigenvalue weighted by molar-refractivity contribution is -0.142. The molecule has 7 N–H and O–H groups in total. The summed E-state index contributed by atoms with van der Waals surface area (Å²) >= 11 is 0. The fourth-order valence-electron chi connectivity index (χ4n) is 5.88. The molecular formula is C33H40N6O5. The van der Waals surface area contributed by atoms with Crippen molar-refractivity contribution in [1.82, 2.24) is 31.2 Å². The number of H-pyrrole nitrogens is 2. The van der Waals surface area contributed by atoms with Gasteiger partial charge in [0, 0.05) is 47.0 Å². The van der Waals surface area contributed by atoms with Gasteiger partial charge in [0.1, 0.15) is 18.1 Å². The standard InChI is InChI=1S/C33H40N6O5/c1-19(2)14-27(31(41)39-29(33(43)44)16-21-18-36-25-11-6-4-9-23(21)25)37-32(42)28(38-30(40)26-12-7-13-34-26)15-20-17-35-24-10-5-3-8-22(20)24/h3-6,8-11,17-19,26-29,34-36H,7,12-16H2,1-2H3,(H,37,42)(H,38,40)(H,39,41)(H,43,44). The van der Waals surface area contributed by atoms with E-state index < -0.39 is 35.9 Å². The predicted octanol–water partition coefficient (Wildman–Crippen LogP) is 2.77. The minimum atomic E-state index is -1.21. The molecule has 4 aromatic rings. The highest BCUT2D eigenvalue weighted by molar-refractivity contribution is 5.95. The topological polar surface area (TPSA) is 168 Å². The second-order valence-electron chi connectivity index (χ2n) is 11.9. The quantitative estimate of drug-likeness (QED) is 0.125. The summed E-state index contributed by atoms with van der Waals surface area (Å²) in [7, 11) is 0. The van der Waals surface area contributed by atoms with Crippen molar-refractivity contribution in [2.24, 2.45) is 5.92 Å². The molecule has 2 aromatic heterocycles. The van der Waals surface area contributed by atoms with Gasteiger partial charge in [-0.2, -0.15) is 0 Å². The van der Waals surface area contributed by atoms with Gasteiger partial charge < -0.3 is 36.3 Å². The number of fused-ring (bicyclic) bond motifs is 2. The molecule has 1 fully saturated rings. The number of carbonyl (C=O) groups excluding carboxylic acids is 3. The van der Waals surface area contributed by atoms with E-state index in [1.54, 1.807) is 6.20 Å². The van der Waals surface area contributed by atoms with Gasteiger partial charge in [-0.3, -0.25) is 14.4 Å². The molecule has 4 atom stereocenters. The van der Waals surface area contributed by atoms with Crippen LogP contribution in [-0.2, 0) is 32.0 Å². The number of aromatic amines is 2. The van der Waals surface area contributed by atoms with Gasteiger partial charge in [0.05, 0.1) is 6.04 Å². The highest BCUT2D eigenvalue weighted by atomic mass is 16.4. The van der Waals surface area contributed by atoms with E-state index in [0.717, 1.165) is 45.9 Å². The maximum absolute atomic E-state index is 13.8. The van der Waals surface area contributed by atoms with Gasteiger partial charge in [0.2, 0.25) is 17.7 Å². The molecule has 0 bridgehead atoms. The molecule has 11 nitrogen and oxygen atoms in total. The normalized spacial score (nSPS) is 16.9. The summed E-state index contributed by atoms with van der Waals surface area (Å²) in [6, 6.07) is 11.7. The molecule has 1 saturated heterocycles. The molecule has 4 unspecified atom stereocenters. The molecule has 232 valence electrons. The molecule has 2 aromatic carbocycles. The maximum Gasteiger partial charge on any atom is 0.326 e. The third-order valence-electron chi connectivity index (χ3n) is 8.16. The second kappa shape index (κ2) is 13.8. The van der Waals surface area contributed by atoms with Crippen LogP contribution in [0.15, 0.2) is 60.9 Å². The van der Waals surface area contributed by atoms with E-state index in [-0.39, 0.29) is 37.1 Å². The summed E-state index contributed by atoms with van der Waals surface area (Å²) in [5, 5.41) is 23.4. The number of hydrogen-bond donors (Lipinski definition) is 7. The lowest BCUT2D eigenvalue weighted by Crippen LogP contribution is -2.58. The maximum atomic E-state index is 13.8. The largest absolute Gasteiger partial charge is 0.480 e. The number of aliphatic carboxylic acids is 1. The Kier molecular flexibility index (Phi) is 9.64. The Bertz CT molecular complexity index is 1640. The summed E-state index contributed by atoms with van der Waals surface area (Å²) in [6.45, 7) is 4.57. The summed E-state index contributed by atoms with van der Waals surface area (Å²) in [5.74, 6) is -2.52. The molecule has 1 aliphatic heterocycles. The van der Waals surface area contributed by atoms with Gasteiger partial charge in [-0.15, -0.1) is 0 Å². The van der Waals surface area contributed by atoms with Gasteiger partial charge >= 0.3 is 5.97 Å². The first-order valence-electron chi connectivity index (χ1n) is 15.2. The van der Waals surface area contributed by atoms with Gasteiger partial charge in [-0.25, -0.2) is 4.79 Å². The molecule has 11 heteroatoms. The van der Waals surface area contributed by atoms with Crippen LogP contribution in [0.1, 0.15) is 44.2 Å². The Labute approximate surface area is 255 Å². The Morgan fingerprint density at radius 2 is 1.34 bits per heavy atom. The first kappa shape index (κ1) is 30.8. The average Bonchev–Trinajstić information content (AvgIpc) is 3.77. The number of nitrogens with one attached hydrogen (secondary N) is 6. The van der Waals surface area contributed by atoms with Gasteiger partial charge in [0.15, 0.2) is 0 Å². The summed E-state index contributed by atoms with van der Waals surface area (Å²) in [5.41, 5.74) is 3.41. The number of carbonyl (C=O) groups is 4. The Morgan fingerprint density at radius 3 is 1.89 bits per heavy atom. The zero-order valence-corrected chi connectivity index (χ0v) is 25.0. The SMILES string of the molecule is CC(C)CC(NC(=O)C(Cc1c[nH]c2ccccc12)NC(=O)C1CCCN1)C(=O)NC(Cc1c[nH]c2ccccc12)C(=O)O. The van der Waals surface area contributed by atoms with Crippen molar-refractivity contribution in [1.29, 1.82) is 0 Å². The molecule has 0 saturated carbocycles. The fourth-order valence-corrected chi connectivity index (χ4v) is 5.88. The van der Waals surface area contributed by atoms with Crippen molar-refractivity contribution in [3.05, 3.63) is 72.1 Å². The summed E-state index contributed by atoms with van der Waals surface area (Å²) < 4.78 is 0. The molecule has 0 aliphatic carbocycles. The molecule has 1 aliphatic rings. The summed E-state index contributed by atoms with van der Waals surface area (Å²) in [4.78, 5) is 59.1. The minimum absolute atomic E-state index is 0.0206. The van der Waals surface area contributed by atoms with Crippen LogP contribution in [0.2, 0.25) is 0 Å². The van der Waals surface area contributed by atoms with Crippen LogP contribution < -0.4 is 21.3 Å². The van der Waals surface area contributed by atoms with Crippen LogP contribution in [0.3, 0.4) is 0 Å². The number of carboxylic acid groups (broad SMARTS) is 1. The average molecular weight is 601 g/mol. The molecule has 0 spiro atoms. The zero-order valence-electron chi connectivity index (χ0n) is 25.0. The summed E-state index contributed by atoms with van der Waals surface area (Å²) in [6.07, 6.45) is 5.69. The van der Waals surface area contributed by atoms with Crippen molar-refractivity contribution in [3.63, 3.8) is 0 Å². The fraction of sp³-hybridized carbons (Fsp3) is 0.394. The molecule has 44 heavy (non-hydrogen) atoms. The number of carboxylic acids is 1. The predicted molar refractivity (Wildman–Crippen MR) is 168 cm³/mol. The van der Waals surface area contributed by atoms with Gasteiger partial charge in [-0.05, 0) is 55.0 Å². The monoisotopic (exact) mass is 600 g/mol. The Hall–Kier alpha value is -4.64. The van der Waals surface area contributed by atoms with Crippen LogP contribution in [0.25, 0.3) is 21.8 Å². The third kappa shape index (κ3) is 7.28. The van der Waals surface area contributed by atoms with E-state index in [1.165, 1.54) is 0 Å². The number of hydrogen-bond acceptors (Lipinski definition) is 5. The number of benzene rings is 2.